The van der Waals surface area contributed by atoms with Crippen LogP contribution in [0.25, 0.3) is 0 Å². The van der Waals surface area contributed by atoms with Crippen molar-refractivity contribution in [2.24, 2.45) is 0 Å². The van der Waals surface area contributed by atoms with Crippen molar-refractivity contribution in [1.29, 1.82) is 0 Å². The molecule has 0 spiro atoms. The van der Waals surface area contributed by atoms with Gasteiger partial charge in [-0.05, 0) is 50.9 Å². The van der Waals surface area contributed by atoms with Crippen molar-refractivity contribution in [2.45, 2.75) is 44.6 Å². The molecule has 1 aromatic rings. The van der Waals surface area contributed by atoms with Crippen molar-refractivity contribution >= 4 is 11.6 Å². The summed E-state index contributed by atoms with van der Waals surface area (Å²) in [6.45, 7) is 2.05. The number of para-hydroxylation sites is 1. The van der Waals surface area contributed by atoms with Crippen LogP contribution in [0.1, 0.15) is 37.7 Å². The number of likely N-dealkylation sites (tertiary alicyclic amines) is 1. The Balaban J connectivity index is 1.58. The lowest BCUT2D eigenvalue weighted by Crippen LogP contribution is -2.37. The summed E-state index contributed by atoms with van der Waals surface area (Å²) in [4.78, 5) is 16.9. The van der Waals surface area contributed by atoms with Crippen LogP contribution in [-0.4, -0.2) is 37.0 Å². The first-order valence-electron chi connectivity index (χ1n) is 7.84. The first-order chi connectivity index (χ1) is 9.75. The van der Waals surface area contributed by atoms with E-state index in [1.807, 2.05) is 11.0 Å². The monoisotopic (exact) mass is 272 g/mol. The molecule has 0 N–H and O–H groups in total. The summed E-state index contributed by atoms with van der Waals surface area (Å²) in [7, 11) is 2.19. The van der Waals surface area contributed by atoms with Crippen LogP contribution < -0.4 is 4.90 Å². The van der Waals surface area contributed by atoms with E-state index >= 15 is 0 Å². The summed E-state index contributed by atoms with van der Waals surface area (Å²) in [6.07, 6.45) is 6.57. The highest BCUT2D eigenvalue weighted by atomic mass is 16.2. The van der Waals surface area contributed by atoms with E-state index in [9.17, 15) is 4.79 Å². The minimum atomic E-state index is 0.300. The van der Waals surface area contributed by atoms with E-state index in [4.69, 9.17) is 0 Å². The maximum absolute atomic E-state index is 12.5. The zero-order chi connectivity index (χ0) is 13.9. The molecule has 0 aromatic heterocycles. The van der Waals surface area contributed by atoms with E-state index < -0.39 is 0 Å². The molecule has 3 nitrogen and oxygen atoms in total. The smallest absolute Gasteiger partial charge is 0.227 e. The van der Waals surface area contributed by atoms with Gasteiger partial charge in [-0.25, -0.2) is 0 Å². The van der Waals surface area contributed by atoms with Gasteiger partial charge in [-0.3, -0.25) is 4.79 Å². The standard InChI is InChI=1S/C17H24N2O/c1-18-12-5-4-7-15(18)9-10-17(20)19-13-11-14-6-2-3-8-16(14)19/h2-3,6,8,15H,4-5,7,9-13H2,1H3. The fraction of sp³-hybridized carbons (Fsp3) is 0.588. The maximum Gasteiger partial charge on any atom is 0.227 e. The molecule has 0 bridgehead atoms. The van der Waals surface area contributed by atoms with Gasteiger partial charge in [0.15, 0.2) is 0 Å². The minimum Gasteiger partial charge on any atom is -0.312 e. The predicted octanol–water partition coefficient (Wildman–Crippen LogP) is 2.84. The summed E-state index contributed by atoms with van der Waals surface area (Å²) >= 11 is 0. The summed E-state index contributed by atoms with van der Waals surface area (Å²) in [5.74, 6) is 0.300. The van der Waals surface area contributed by atoms with Gasteiger partial charge in [0.05, 0.1) is 0 Å². The molecule has 1 aromatic carbocycles. The third-order valence-electron chi connectivity index (χ3n) is 4.80. The quantitative estimate of drug-likeness (QED) is 0.844. The number of carbonyl (C=O) groups is 1. The van der Waals surface area contributed by atoms with Gasteiger partial charge in [-0.15, -0.1) is 0 Å². The number of carbonyl (C=O) groups excluding carboxylic acids is 1. The van der Waals surface area contributed by atoms with Crippen LogP contribution in [0.2, 0.25) is 0 Å². The number of benzene rings is 1. The number of nitrogens with zero attached hydrogens (tertiary/aromatic N) is 2. The number of rotatable bonds is 3. The number of amides is 1. The second-order valence-electron chi connectivity index (χ2n) is 6.09. The Morgan fingerprint density at radius 3 is 2.95 bits per heavy atom. The topological polar surface area (TPSA) is 23.6 Å². The van der Waals surface area contributed by atoms with Crippen LogP contribution in [0.3, 0.4) is 0 Å². The van der Waals surface area contributed by atoms with Gasteiger partial charge in [0.2, 0.25) is 5.91 Å². The maximum atomic E-state index is 12.5. The highest BCUT2D eigenvalue weighted by Gasteiger charge is 2.25. The molecule has 1 unspecified atom stereocenters. The molecule has 108 valence electrons. The second-order valence-corrected chi connectivity index (χ2v) is 6.09. The van der Waals surface area contributed by atoms with Crippen molar-refractivity contribution in [3.05, 3.63) is 29.8 Å². The van der Waals surface area contributed by atoms with Gasteiger partial charge in [0, 0.05) is 24.7 Å². The van der Waals surface area contributed by atoms with Crippen LogP contribution in [0.15, 0.2) is 24.3 Å². The molecule has 1 amide bonds. The molecule has 0 saturated carbocycles. The van der Waals surface area contributed by atoms with Crippen molar-refractivity contribution in [2.75, 3.05) is 25.0 Å². The van der Waals surface area contributed by atoms with E-state index in [-0.39, 0.29) is 0 Å². The molecule has 2 aliphatic heterocycles. The zero-order valence-electron chi connectivity index (χ0n) is 12.3. The molecule has 0 radical (unpaired) electrons. The van der Waals surface area contributed by atoms with Gasteiger partial charge in [0.25, 0.3) is 0 Å². The molecular weight excluding hydrogens is 248 g/mol. The lowest BCUT2D eigenvalue weighted by atomic mass is 9.98. The fourth-order valence-electron chi connectivity index (χ4n) is 3.53. The first kappa shape index (κ1) is 13.6. The minimum absolute atomic E-state index is 0.300. The summed E-state index contributed by atoms with van der Waals surface area (Å²) in [5.41, 5.74) is 2.45. The highest BCUT2D eigenvalue weighted by Crippen LogP contribution is 2.28. The third kappa shape index (κ3) is 2.73. The van der Waals surface area contributed by atoms with Gasteiger partial charge < -0.3 is 9.80 Å². The van der Waals surface area contributed by atoms with Crippen molar-refractivity contribution in [3.8, 4) is 0 Å². The number of piperidine rings is 1. The molecule has 20 heavy (non-hydrogen) atoms. The largest absolute Gasteiger partial charge is 0.312 e. The van der Waals surface area contributed by atoms with Crippen LogP contribution in [0, 0.1) is 0 Å². The molecular formula is C17H24N2O. The number of anilines is 1. The van der Waals surface area contributed by atoms with Gasteiger partial charge in [-0.1, -0.05) is 24.6 Å². The lowest BCUT2D eigenvalue weighted by molar-refractivity contribution is -0.118. The van der Waals surface area contributed by atoms with Gasteiger partial charge in [-0.2, -0.15) is 0 Å². The van der Waals surface area contributed by atoms with E-state index in [1.54, 1.807) is 0 Å². The van der Waals surface area contributed by atoms with Crippen molar-refractivity contribution in [3.63, 3.8) is 0 Å². The number of hydrogen-bond donors (Lipinski definition) is 0. The SMILES string of the molecule is CN1CCCCC1CCC(=O)N1CCc2ccccc21. The first-order valence-corrected chi connectivity index (χ1v) is 7.84. The second kappa shape index (κ2) is 5.96. The molecule has 2 heterocycles. The molecule has 3 rings (SSSR count). The Morgan fingerprint density at radius 1 is 1.25 bits per heavy atom. The number of hydrogen-bond acceptors (Lipinski definition) is 2. The number of fused-ring (bicyclic) bond motifs is 1. The highest BCUT2D eigenvalue weighted by molar-refractivity contribution is 5.95. The van der Waals surface area contributed by atoms with Crippen LogP contribution in [-0.2, 0) is 11.2 Å². The molecule has 1 saturated heterocycles. The van der Waals surface area contributed by atoms with Gasteiger partial charge >= 0.3 is 0 Å². The molecule has 0 aliphatic carbocycles. The predicted molar refractivity (Wildman–Crippen MR) is 82.0 cm³/mol. The Kier molecular flexibility index (Phi) is 4.06. The molecule has 1 atom stereocenters. The molecule has 3 heteroatoms. The van der Waals surface area contributed by atoms with E-state index in [0.717, 1.165) is 25.1 Å². The summed E-state index contributed by atoms with van der Waals surface area (Å²) in [6, 6.07) is 8.90. The fourth-order valence-corrected chi connectivity index (χ4v) is 3.53. The Morgan fingerprint density at radius 2 is 2.10 bits per heavy atom. The van der Waals surface area contributed by atoms with Crippen molar-refractivity contribution in [1.82, 2.24) is 4.90 Å². The van der Waals surface area contributed by atoms with Crippen LogP contribution in [0.5, 0.6) is 0 Å². The lowest BCUT2D eigenvalue weighted by Gasteiger charge is -2.32. The van der Waals surface area contributed by atoms with Crippen LogP contribution in [0.4, 0.5) is 5.69 Å². The van der Waals surface area contributed by atoms with E-state index in [0.29, 0.717) is 18.4 Å². The third-order valence-corrected chi connectivity index (χ3v) is 4.80. The Labute approximate surface area is 121 Å². The van der Waals surface area contributed by atoms with E-state index in [2.05, 4.69) is 30.1 Å². The normalized spacial score (nSPS) is 22.9. The summed E-state index contributed by atoms with van der Waals surface area (Å²) in [5, 5.41) is 0. The molecule has 2 aliphatic rings. The summed E-state index contributed by atoms with van der Waals surface area (Å²) < 4.78 is 0. The molecule has 1 fully saturated rings. The zero-order valence-corrected chi connectivity index (χ0v) is 12.3. The van der Waals surface area contributed by atoms with Crippen LogP contribution >= 0.6 is 0 Å². The average molecular weight is 272 g/mol. The van der Waals surface area contributed by atoms with Crippen molar-refractivity contribution < 1.29 is 4.79 Å². The Bertz CT molecular complexity index is 486. The van der Waals surface area contributed by atoms with E-state index in [1.165, 1.54) is 31.4 Å². The average Bonchev–Trinajstić information content (AvgIpc) is 2.90. The van der Waals surface area contributed by atoms with Gasteiger partial charge in [0.1, 0.15) is 0 Å². The Hall–Kier alpha value is -1.35.